The molecule has 0 radical (unpaired) electrons. The molecule has 1 fully saturated rings. The molecule has 0 spiro atoms. The number of hydrogen-bond acceptors (Lipinski definition) is 1. The highest BCUT2D eigenvalue weighted by molar-refractivity contribution is 5.51. The van der Waals surface area contributed by atoms with Crippen molar-refractivity contribution in [3.8, 4) is 0 Å². The Morgan fingerprint density at radius 3 is 2.75 bits per heavy atom. The zero-order valence-corrected chi connectivity index (χ0v) is 10.4. The van der Waals surface area contributed by atoms with Crippen LogP contribution in [-0.2, 0) is 0 Å². The molecule has 0 amide bonds. The van der Waals surface area contributed by atoms with Crippen molar-refractivity contribution in [2.45, 2.75) is 26.3 Å². The Morgan fingerprint density at radius 1 is 1.50 bits per heavy atom. The number of rotatable bonds is 4. The summed E-state index contributed by atoms with van der Waals surface area (Å²) < 4.78 is 0. The highest BCUT2D eigenvalue weighted by Gasteiger charge is 2.38. The lowest BCUT2D eigenvalue weighted by atomic mass is 9.96. The number of hydrogen-bond donors (Lipinski definition) is 0. The van der Waals surface area contributed by atoms with E-state index in [1.165, 1.54) is 29.7 Å². The van der Waals surface area contributed by atoms with Crippen LogP contribution in [0.15, 0.2) is 48.1 Å². The lowest BCUT2D eigenvalue weighted by Gasteiger charge is -2.28. The van der Waals surface area contributed by atoms with E-state index in [2.05, 4.69) is 38.0 Å². The Labute approximate surface area is 98.8 Å². The van der Waals surface area contributed by atoms with Crippen LogP contribution in [0.2, 0.25) is 0 Å². The normalized spacial score (nSPS) is 30.0. The maximum atomic E-state index is 3.94. The van der Waals surface area contributed by atoms with Gasteiger partial charge in [-0.2, -0.15) is 0 Å². The first-order valence-electron chi connectivity index (χ1n) is 6.13. The summed E-state index contributed by atoms with van der Waals surface area (Å²) in [6, 6.07) is 0.623. The summed E-state index contributed by atoms with van der Waals surface area (Å²) in [6.45, 7) is 14.6. The van der Waals surface area contributed by atoms with E-state index in [4.69, 9.17) is 0 Å². The Balaban J connectivity index is 2.33. The number of fused-ring (bicyclic) bond motifs is 2. The molecule has 1 heterocycles. The molecule has 2 rings (SSSR count). The number of allylic oxidation sites excluding steroid dienone is 3. The summed E-state index contributed by atoms with van der Waals surface area (Å²) in [4.78, 5) is 2.57. The first-order chi connectivity index (χ1) is 7.71. The van der Waals surface area contributed by atoms with Crippen LogP contribution in [0.25, 0.3) is 0 Å². The van der Waals surface area contributed by atoms with Gasteiger partial charge in [-0.25, -0.2) is 0 Å². The van der Waals surface area contributed by atoms with Crippen molar-refractivity contribution >= 4 is 0 Å². The van der Waals surface area contributed by atoms with E-state index in [1.54, 1.807) is 0 Å². The van der Waals surface area contributed by atoms with Crippen molar-refractivity contribution in [1.82, 2.24) is 4.90 Å². The Kier molecular flexibility index (Phi) is 3.15. The minimum atomic E-state index is 0.623. The number of nitrogens with zero attached hydrogens (tertiary/aromatic N) is 1. The minimum absolute atomic E-state index is 0.623. The van der Waals surface area contributed by atoms with Crippen LogP contribution in [-0.4, -0.2) is 24.0 Å². The van der Waals surface area contributed by atoms with Gasteiger partial charge >= 0.3 is 0 Å². The molecule has 2 unspecified atom stereocenters. The maximum absolute atomic E-state index is 3.94. The molecule has 1 aliphatic carbocycles. The van der Waals surface area contributed by atoms with Crippen LogP contribution in [0.3, 0.4) is 0 Å². The van der Waals surface area contributed by atoms with E-state index in [-0.39, 0.29) is 0 Å². The largest absolute Gasteiger partial charge is 0.296 e. The second-order valence-corrected chi connectivity index (χ2v) is 4.73. The summed E-state index contributed by atoms with van der Waals surface area (Å²) >= 11 is 0. The van der Waals surface area contributed by atoms with Crippen molar-refractivity contribution in [1.29, 1.82) is 0 Å². The molecular weight excluding hydrogens is 194 g/mol. The molecule has 0 aromatic rings. The van der Waals surface area contributed by atoms with E-state index in [9.17, 15) is 0 Å². The molecule has 1 heteroatoms. The van der Waals surface area contributed by atoms with Crippen LogP contribution in [0, 0.1) is 5.92 Å². The second-order valence-electron chi connectivity index (χ2n) is 4.73. The summed E-state index contributed by atoms with van der Waals surface area (Å²) in [6.07, 6.45) is 7.66. The van der Waals surface area contributed by atoms with E-state index >= 15 is 0 Å². The van der Waals surface area contributed by atoms with Crippen LogP contribution < -0.4 is 0 Å². The zero-order chi connectivity index (χ0) is 11.7. The van der Waals surface area contributed by atoms with Gasteiger partial charge in [-0.15, -0.1) is 0 Å². The molecule has 1 aliphatic heterocycles. The van der Waals surface area contributed by atoms with Gasteiger partial charge in [0.1, 0.15) is 0 Å². The number of likely N-dealkylation sites (N-methyl/N-ethyl adjacent to an activating group) is 1. The van der Waals surface area contributed by atoms with Crippen LogP contribution in [0.4, 0.5) is 0 Å². The van der Waals surface area contributed by atoms with Gasteiger partial charge in [-0.3, -0.25) is 4.90 Å². The molecule has 86 valence electrons. The van der Waals surface area contributed by atoms with Crippen molar-refractivity contribution in [3.05, 3.63) is 48.1 Å². The number of likely N-dealkylation sites (tertiary alicyclic amines) is 1. The third kappa shape index (κ3) is 1.69. The average molecular weight is 215 g/mol. The van der Waals surface area contributed by atoms with E-state index in [0.717, 1.165) is 12.5 Å². The smallest absolute Gasteiger partial charge is 0.0357 e. The zero-order valence-electron chi connectivity index (χ0n) is 10.4. The molecular formula is C15H21N. The Bertz CT molecular complexity index is 373. The van der Waals surface area contributed by atoms with E-state index in [1.807, 2.05) is 12.2 Å². The quantitative estimate of drug-likeness (QED) is 0.650. The summed E-state index contributed by atoms with van der Waals surface area (Å²) in [5.41, 5.74) is 4.01. The predicted octanol–water partition coefficient (Wildman–Crippen LogP) is 3.33. The van der Waals surface area contributed by atoms with Gasteiger partial charge in [0.25, 0.3) is 0 Å². The minimum Gasteiger partial charge on any atom is -0.296 e. The molecule has 2 bridgehead atoms. The summed E-state index contributed by atoms with van der Waals surface area (Å²) in [5.74, 6) is 0.757. The third-order valence-corrected chi connectivity index (χ3v) is 3.86. The van der Waals surface area contributed by atoms with Crippen molar-refractivity contribution in [2.24, 2.45) is 5.92 Å². The topological polar surface area (TPSA) is 3.24 Å². The van der Waals surface area contributed by atoms with Gasteiger partial charge in [0.15, 0.2) is 0 Å². The Morgan fingerprint density at radius 2 is 2.25 bits per heavy atom. The lowest BCUT2D eigenvalue weighted by Crippen LogP contribution is -2.33. The van der Waals surface area contributed by atoms with Crippen LogP contribution in [0.5, 0.6) is 0 Å². The standard InChI is InChI=1S/C15H21N/c1-5-11(4)13(6-2)14-8-12-9-15(14)16(7-3)10-12/h5-6,8,12,15H,1-2,7,9-10H2,3-4H3/b13-11+. The molecule has 16 heavy (non-hydrogen) atoms. The van der Waals surface area contributed by atoms with E-state index < -0.39 is 0 Å². The monoisotopic (exact) mass is 215 g/mol. The molecule has 2 aliphatic rings. The fourth-order valence-electron chi connectivity index (χ4n) is 2.98. The van der Waals surface area contributed by atoms with E-state index in [0.29, 0.717) is 6.04 Å². The van der Waals surface area contributed by atoms with Gasteiger partial charge in [0.05, 0.1) is 0 Å². The van der Waals surface area contributed by atoms with Crippen molar-refractivity contribution in [2.75, 3.05) is 13.1 Å². The molecule has 1 nitrogen and oxygen atoms in total. The van der Waals surface area contributed by atoms with Crippen LogP contribution >= 0.6 is 0 Å². The highest BCUT2D eigenvalue weighted by atomic mass is 15.2. The molecule has 1 saturated heterocycles. The third-order valence-electron chi connectivity index (χ3n) is 3.86. The molecule has 2 atom stereocenters. The Hall–Kier alpha value is -1.08. The highest BCUT2D eigenvalue weighted by Crippen LogP contribution is 2.40. The first-order valence-corrected chi connectivity index (χ1v) is 6.13. The van der Waals surface area contributed by atoms with Crippen molar-refractivity contribution in [3.63, 3.8) is 0 Å². The lowest BCUT2D eigenvalue weighted by molar-refractivity contribution is 0.287. The van der Waals surface area contributed by atoms with Gasteiger partial charge in [0.2, 0.25) is 0 Å². The van der Waals surface area contributed by atoms with Gasteiger partial charge in [-0.05, 0) is 42.5 Å². The maximum Gasteiger partial charge on any atom is 0.0357 e. The molecule has 0 saturated carbocycles. The van der Waals surface area contributed by atoms with Crippen LogP contribution in [0.1, 0.15) is 20.3 Å². The SMILES string of the molecule is C=C/C(C)=C(\C=C)C1=CC2CC1N(CC)C2. The summed E-state index contributed by atoms with van der Waals surface area (Å²) in [7, 11) is 0. The molecule has 0 N–H and O–H groups in total. The fourth-order valence-corrected chi connectivity index (χ4v) is 2.98. The van der Waals surface area contributed by atoms with Crippen molar-refractivity contribution < 1.29 is 0 Å². The second kappa shape index (κ2) is 4.42. The molecule has 0 aromatic carbocycles. The molecule has 0 aromatic heterocycles. The van der Waals surface area contributed by atoms with Gasteiger partial charge in [-0.1, -0.05) is 38.3 Å². The van der Waals surface area contributed by atoms with Gasteiger partial charge < -0.3 is 0 Å². The average Bonchev–Trinajstić information content (AvgIpc) is 2.88. The van der Waals surface area contributed by atoms with Gasteiger partial charge in [0, 0.05) is 12.6 Å². The fraction of sp³-hybridized carbons (Fsp3) is 0.467. The summed E-state index contributed by atoms with van der Waals surface area (Å²) in [5, 5.41) is 0. The predicted molar refractivity (Wildman–Crippen MR) is 70.3 cm³/mol. The first kappa shape index (κ1) is 11.4.